The summed E-state index contributed by atoms with van der Waals surface area (Å²) in [6.07, 6.45) is 2.12. The van der Waals surface area contributed by atoms with E-state index in [0.29, 0.717) is 4.90 Å². The Morgan fingerprint density at radius 3 is 2.56 bits per heavy atom. The molecular formula is C13H14NO3S-. The summed E-state index contributed by atoms with van der Waals surface area (Å²) in [5.74, 6) is -0.845. The molecule has 0 bridgehead atoms. The maximum absolute atomic E-state index is 11.8. The molecule has 0 saturated carbocycles. The van der Waals surface area contributed by atoms with Gasteiger partial charge in [0.05, 0.1) is 11.7 Å². The van der Waals surface area contributed by atoms with Gasteiger partial charge in [-0.05, 0) is 18.9 Å². The molecule has 0 atom stereocenters. The fourth-order valence-electron chi connectivity index (χ4n) is 1.96. The van der Waals surface area contributed by atoms with E-state index in [9.17, 15) is 14.7 Å². The molecule has 0 N–H and O–H groups in total. The van der Waals surface area contributed by atoms with Crippen molar-refractivity contribution in [1.29, 1.82) is 0 Å². The van der Waals surface area contributed by atoms with E-state index in [1.54, 1.807) is 18.2 Å². The fourth-order valence-corrected chi connectivity index (χ4v) is 2.90. The Morgan fingerprint density at radius 2 is 1.89 bits per heavy atom. The quantitative estimate of drug-likeness (QED) is 0.753. The highest BCUT2D eigenvalue weighted by Gasteiger charge is 2.18. The van der Waals surface area contributed by atoms with E-state index >= 15 is 0 Å². The van der Waals surface area contributed by atoms with Crippen LogP contribution in [0.25, 0.3) is 0 Å². The molecule has 0 radical (unpaired) electrons. The lowest BCUT2D eigenvalue weighted by Gasteiger charge is -2.15. The number of aromatic carboxylic acids is 1. The highest BCUT2D eigenvalue weighted by Crippen LogP contribution is 2.23. The maximum Gasteiger partial charge on any atom is 0.232 e. The number of rotatable bonds is 4. The van der Waals surface area contributed by atoms with Crippen molar-refractivity contribution in [3.63, 3.8) is 0 Å². The Labute approximate surface area is 110 Å². The van der Waals surface area contributed by atoms with E-state index in [1.807, 2.05) is 4.90 Å². The first kappa shape index (κ1) is 13.0. The van der Waals surface area contributed by atoms with Gasteiger partial charge in [0.2, 0.25) is 5.91 Å². The van der Waals surface area contributed by atoms with Crippen LogP contribution in [-0.4, -0.2) is 35.6 Å². The molecule has 5 heteroatoms. The first-order valence-corrected chi connectivity index (χ1v) is 6.88. The van der Waals surface area contributed by atoms with Gasteiger partial charge in [0.25, 0.3) is 0 Å². The van der Waals surface area contributed by atoms with Crippen LogP contribution in [0.1, 0.15) is 23.2 Å². The standard InChI is InChI=1S/C13H15NO3S/c15-12(14-7-3-4-8-14)9-18-11-6-2-1-5-10(11)13(16)17/h1-2,5-6H,3-4,7-9H2,(H,16,17)/p-1. The van der Waals surface area contributed by atoms with Crippen molar-refractivity contribution in [2.75, 3.05) is 18.8 Å². The molecule has 1 heterocycles. The molecule has 0 spiro atoms. The Balaban J connectivity index is 1.97. The zero-order valence-corrected chi connectivity index (χ0v) is 10.7. The molecule has 1 saturated heterocycles. The van der Waals surface area contributed by atoms with Crippen LogP contribution in [0.5, 0.6) is 0 Å². The number of carboxylic acids is 1. The van der Waals surface area contributed by atoms with E-state index in [0.717, 1.165) is 25.9 Å². The summed E-state index contributed by atoms with van der Waals surface area (Å²) in [5, 5.41) is 10.9. The third-order valence-corrected chi connectivity index (χ3v) is 3.98. The van der Waals surface area contributed by atoms with Crippen molar-refractivity contribution in [1.82, 2.24) is 4.90 Å². The molecule has 1 aromatic carbocycles. The minimum absolute atomic E-state index is 0.0747. The second kappa shape index (κ2) is 5.91. The molecular weight excluding hydrogens is 250 g/mol. The van der Waals surface area contributed by atoms with Gasteiger partial charge in [0, 0.05) is 23.5 Å². The van der Waals surface area contributed by atoms with Crippen LogP contribution in [0, 0.1) is 0 Å². The normalized spacial score (nSPS) is 14.8. The van der Waals surface area contributed by atoms with Crippen LogP contribution >= 0.6 is 11.8 Å². The second-order valence-electron chi connectivity index (χ2n) is 4.16. The van der Waals surface area contributed by atoms with Crippen LogP contribution < -0.4 is 5.11 Å². The number of amides is 1. The molecule has 0 aliphatic carbocycles. The highest BCUT2D eigenvalue weighted by atomic mass is 32.2. The largest absolute Gasteiger partial charge is 0.545 e. The summed E-state index contributed by atoms with van der Waals surface area (Å²) in [6, 6.07) is 6.61. The molecule has 0 aromatic heterocycles. The summed E-state index contributed by atoms with van der Waals surface area (Å²) in [7, 11) is 0. The predicted octanol–water partition coefficient (Wildman–Crippen LogP) is 0.765. The molecule has 0 unspecified atom stereocenters. The van der Waals surface area contributed by atoms with Crippen LogP contribution in [0.3, 0.4) is 0 Å². The van der Waals surface area contributed by atoms with Crippen LogP contribution in [-0.2, 0) is 4.79 Å². The summed E-state index contributed by atoms with van der Waals surface area (Å²) >= 11 is 1.26. The third-order valence-electron chi connectivity index (χ3n) is 2.92. The average Bonchev–Trinajstić information content (AvgIpc) is 2.90. The lowest BCUT2D eigenvalue weighted by molar-refractivity contribution is -0.255. The van der Waals surface area contributed by atoms with Gasteiger partial charge < -0.3 is 14.8 Å². The number of likely N-dealkylation sites (tertiary alicyclic amines) is 1. The van der Waals surface area contributed by atoms with Crippen molar-refractivity contribution < 1.29 is 14.7 Å². The van der Waals surface area contributed by atoms with E-state index < -0.39 is 5.97 Å². The Kier molecular flexibility index (Phi) is 4.25. The van der Waals surface area contributed by atoms with Gasteiger partial charge in [-0.1, -0.05) is 18.2 Å². The van der Waals surface area contributed by atoms with E-state index in [1.165, 1.54) is 17.8 Å². The monoisotopic (exact) mass is 264 g/mol. The number of carbonyl (C=O) groups excluding carboxylic acids is 2. The van der Waals surface area contributed by atoms with E-state index in [4.69, 9.17) is 0 Å². The first-order chi connectivity index (χ1) is 8.68. The van der Waals surface area contributed by atoms with Crippen molar-refractivity contribution >= 4 is 23.6 Å². The smallest absolute Gasteiger partial charge is 0.232 e. The predicted molar refractivity (Wildman–Crippen MR) is 67.3 cm³/mol. The van der Waals surface area contributed by atoms with E-state index in [2.05, 4.69) is 0 Å². The summed E-state index contributed by atoms with van der Waals surface area (Å²) < 4.78 is 0. The summed E-state index contributed by atoms with van der Waals surface area (Å²) in [6.45, 7) is 1.64. The van der Waals surface area contributed by atoms with Gasteiger partial charge >= 0.3 is 0 Å². The minimum Gasteiger partial charge on any atom is -0.545 e. The van der Waals surface area contributed by atoms with Gasteiger partial charge in [0.1, 0.15) is 0 Å². The molecule has 1 aliphatic heterocycles. The maximum atomic E-state index is 11.8. The van der Waals surface area contributed by atoms with Crippen LogP contribution in [0.15, 0.2) is 29.2 Å². The number of carbonyl (C=O) groups is 2. The third kappa shape index (κ3) is 3.04. The Hall–Kier alpha value is -1.49. The molecule has 2 rings (SSSR count). The molecule has 1 fully saturated rings. The number of thioether (sulfide) groups is 1. The van der Waals surface area contributed by atoms with Gasteiger partial charge in [-0.15, -0.1) is 11.8 Å². The molecule has 1 amide bonds. The summed E-state index contributed by atoms with van der Waals surface area (Å²) in [5.41, 5.74) is 0.150. The van der Waals surface area contributed by atoms with Gasteiger partial charge in [-0.3, -0.25) is 4.79 Å². The van der Waals surface area contributed by atoms with Crippen molar-refractivity contribution in [2.24, 2.45) is 0 Å². The van der Waals surface area contributed by atoms with E-state index in [-0.39, 0.29) is 17.2 Å². The fraction of sp³-hybridized carbons (Fsp3) is 0.385. The molecule has 4 nitrogen and oxygen atoms in total. The van der Waals surface area contributed by atoms with Gasteiger partial charge in [-0.25, -0.2) is 0 Å². The zero-order chi connectivity index (χ0) is 13.0. The number of hydrogen-bond acceptors (Lipinski definition) is 4. The number of nitrogens with zero attached hydrogens (tertiary/aromatic N) is 1. The zero-order valence-electron chi connectivity index (χ0n) is 9.93. The lowest BCUT2D eigenvalue weighted by atomic mass is 10.2. The molecule has 96 valence electrons. The van der Waals surface area contributed by atoms with Crippen LogP contribution in [0.4, 0.5) is 0 Å². The SMILES string of the molecule is O=C([O-])c1ccccc1SCC(=O)N1CCCC1. The average molecular weight is 264 g/mol. The Morgan fingerprint density at radius 1 is 1.22 bits per heavy atom. The number of benzene rings is 1. The van der Waals surface area contributed by atoms with Crippen molar-refractivity contribution in [3.8, 4) is 0 Å². The van der Waals surface area contributed by atoms with Crippen molar-refractivity contribution in [2.45, 2.75) is 17.7 Å². The Bertz CT molecular complexity index is 455. The minimum atomic E-state index is -1.20. The molecule has 18 heavy (non-hydrogen) atoms. The first-order valence-electron chi connectivity index (χ1n) is 5.89. The topological polar surface area (TPSA) is 60.4 Å². The second-order valence-corrected chi connectivity index (χ2v) is 5.18. The number of carboxylic acid groups (broad SMARTS) is 1. The summed E-state index contributed by atoms with van der Waals surface area (Å²) in [4.78, 5) is 25.2. The number of hydrogen-bond donors (Lipinski definition) is 0. The van der Waals surface area contributed by atoms with Crippen LogP contribution in [0.2, 0.25) is 0 Å². The van der Waals surface area contributed by atoms with Gasteiger partial charge in [-0.2, -0.15) is 0 Å². The molecule has 1 aromatic rings. The molecule has 1 aliphatic rings. The van der Waals surface area contributed by atoms with Gasteiger partial charge in [0.15, 0.2) is 0 Å². The highest BCUT2D eigenvalue weighted by molar-refractivity contribution is 8.00. The lowest BCUT2D eigenvalue weighted by Crippen LogP contribution is -2.29. The van der Waals surface area contributed by atoms with Crippen molar-refractivity contribution in [3.05, 3.63) is 29.8 Å².